The third-order valence-corrected chi connectivity index (χ3v) is 8.08. The van der Waals surface area contributed by atoms with Gasteiger partial charge in [0, 0.05) is 29.7 Å². The fourth-order valence-corrected chi connectivity index (χ4v) is 5.67. The summed E-state index contributed by atoms with van der Waals surface area (Å²) in [7, 11) is -4.02. The number of nitrogens with one attached hydrogen (secondary N) is 1. The molecule has 1 fully saturated rings. The lowest BCUT2D eigenvalue weighted by Crippen LogP contribution is -2.53. The Morgan fingerprint density at radius 3 is 2.34 bits per heavy atom. The number of anilines is 1. The van der Waals surface area contributed by atoms with Gasteiger partial charge in [-0.3, -0.25) is 24.0 Å². The highest BCUT2D eigenvalue weighted by Gasteiger charge is 2.33. The number of amides is 2. The number of sulfonamides is 1. The molecule has 1 atom stereocenters. The third kappa shape index (κ3) is 7.44. The predicted octanol–water partition coefficient (Wildman–Crippen LogP) is 4.19. The Morgan fingerprint density at radius 1 is 1.16 bits per heavy atom. The van der Waals surface area contributed by atoms with Gasteiger partial charge >= 0.3 is 0 Å². The lowest BCUT2D eigenvalue weighted by molar-refractivity contribution is -0.384. The van der Waals surface area contributed by atoms with E-state index in [-0.39, 0.29) is 29.9 Å². The second-order valence-corrected chi connectivity index (χ2v) is 11.9. The lowest BCUT2D eigenvalue weighted by Gasteiger charge is -2.33. The molecule has 0 bridgehead atoms. The first-order valence-corrected chi connectivity index (χ1v) is 14.7. The van der Waals surface area contributed by atoms with E-state index in [0.717, 1.165) is 42.3 Å². The zero-order chi connectivity index (χ0) is 28.0. The van der Waals surface area contributed by atoms with Crippen LogP contribution in [0.25, 0.3) is 0 Å². The van der Waals surface area contributed by atoms with Crippen LogP contribution in [-0.4, -0.2) is 54.9 Å². The van der Waals surface area contributed by atoms with Crippen LogP contribution in [0.2, 0.25) is 5.02 Å². The maximum Gasteiger partial charge on any atom is 0.271 e. The molecule has 10 nitrogen and oxygen atoms in total. The molecule has 1 unspecified atom stereocenters. The van der Waals surface area contributed by atoms with Crippen LogP contribution in [0.4, 0.5) is 11.4 Å². The Kier molecular flexibility index (Phi) is 9.72. The summed E-state index contributed by atoms with van der Waals surface area (Å²) in [6.45, 7) is 2.83. The normalized spacial score (nSPS) is 14.6. The fraction of sp³-hybridized carbons (Fsp3) is 0.462. The molecule has 0 aliphatic heterocycles. The second kappa shape index (κ2) is 12.6. The van der Waals surface area contributed by atoms with E-state index in [4.69, 9.17) is 11.6 Å². The molecule has 206 valence electrons. The molecule has 0 radical (unpaired) electrons. The summed E-state index contributed by atoms with van der Waals surface area (Å²) < 4.78 is 26.5. The molecule has 0 aromatic heterocycles. The van der Waals surface area contributed by atoms with Crippen molar-refractivity contribution in [3.8, 4) is 0 Å². The average Bonchev–Trinajstić information content (AvgIpc) is 3.36. The number of benzene rings is 2. The molecular formula is C26H33ClN4O6S. The first-order chi connectivity index (χ1) is 17.9. The molecule has 1 aliphatic carbocycles. The van der Waals surface area contributed by atoms with Gasteiger partial charge in [-0.15, -0.1) is 0 Å². The lowest BCUT2D eigenvalue weighted by atomic mass is 10.1. The Balaban J connectivity index is 1.97. The van der Waals surface area contributed by atoms with Gasteiger partial charge in [0.15, 0.2) is 0 Å². The van der Waals surface area contributed by atoms with Crippen LogP contribution in [0.3, 0.4) is 0 Å². The summed E-state index contributed by atoms with van der Waals surface area (Å²) in [5.41, 5.74) is 0.897. The van der Waals surface area contributed by atoms with Crippen molar-refractivity contribution < 1.29 is 22.9 Å². The molecule has 0 saturated heterocycles. The van der Waals surface area contributed by atoms with Crippen molar-refractivity contribution in [2.45, 2.75) is 64.6 Å². The molecule has 2 aromatic rings. The zero-order valence-corrected chi connectivity index (χ0v) is 23.3. The molecule has 38 heavy (non-hydrogen) atoms. The topological polar surface area (TPSA) is 130 Å². The van der Waals surface area contributed by atoms with Gasteiger partial charge in [-0.1, -0.05) is 49.6 Å². The van der Waals surface area contributed by atoms with E-state index in [1.54, 1.807) is 38.1 Å². The molecule has 1 N–H and O–H groups in total. The van der Waals surface area contributed by atoms with Crippen LogP contribution in [0.1, 0.15) is 50.2 Å². The highest BCUT2D eigenvalue weighted by atomic mass is 35.5. The van der Waals surface area contributed by atoms with Crippen molar-refractivity contribution in [3.63, 3.8) is 0 Å². The van der Waals surface area contributed by atoms with Gasteiger partial charge in [-0.25, -0.2) is 8.42 Å². The number of carbonyl (C=O) groups is 2. The minimum absolute atomic E-state index is 0.0324. The smallest absolute Gasteiger partial charge is 0.271 e. The van der Waals surface area contributed by atoms with E-state index in [0.29, 0.717) is 22.6 Å². The van der Waals surface area contributed by atoms with E-state index in [9.17, 15) is 28.1 Å². The largest absolute Gasteiger partial charge is 0.352 e. The summed E-state index contributed by atoms with van der Waals surface area (Å²) >= 11 is 6.02. The number of hydrogen-bond acceptors (Lipinski definition) is 6. The van der Waals surface area contributed by atoms with Gasteiger partial charge in [-0.05, 0) is 49.4 Å². The molecule has 12 heteroatoms. The van der Waals surface area contributed by atoms with Gasteiger partial charge in [0.1, 0.15) is 12.6 Å². The number of hydrogen-bond donors (Lipinski definition) is 1. The highest BCUT2D eigenvalue weighted by molar-refractivity contribution is 7.92. The van der Waals surface area contributed by atoms with Crippen LogP contribution in [0.5, 0.6) is 0 Å². The molecule has 2 amide bonds. The number of carbonyl (C=O) groups excluding carboxylic acids is 2. The summed E-state index contributed by atoms with van der Waals surface area (Å²) in [4.78, 5) is 39.2. The molecule has 0 spiro atoms. The van der Waals surface area contributed by atoms with Crippen LogP contribution in [-0.2, 0) is 26.2 Å². The maximum absolute atomic E-state index is 13.8. The fourth-order valence-electron chi connectivity index (χ4n) is 4.65. The average molecular weight is 565 g/mol. The van der Waals surface area contributed by atoms with Crippen molar-refractivity contribution >= 4 is 44.8 Å². The minimum atomic E-state index is -4.02. The van der Waals surface area contributed by atoms with Crippen molar-refractivity contribution in [2.24, 2.45) is 0 Å². The standard InChI is InChI=1S/C26H33ClN4O6S/c1-4-23(26(33)28-21-7-5-6-8-21)29(16-19-10-12-20(27)13-11-19)25(32)17-30(38(3,36)37)24-15-22(31(34)35)14-9-18(24)2/h9-15,21,23H,4-8,16-17H2,1-3H3,(H,28,33). The van der Waals surface area contributed by atoms with Crippen LogP contribution in [0, 0.1) is 17.0 Å². The first kappa shape index (κ1) is 29.4. The molecular weight excluding hydrogens is 532 g/mol. The van der Waals surface area contributed by atoms with Crippen LogP contribution >= 0.6 is 11.6 Å². The molecule has 1 aliphatic rings. The number of rotatable bonds is 11. The predicted molar refractivity (Wildman–Crippen MR) is 147 cm³/mol. The number of nitro benzene ring substituents is 1. The van der Waals surface area contributed by atoms with E-state index in [1.807, 2.05) is 0 Å². The number of non-ortho nitro benzene ring substituents is 1. The molecule has 2 aromatic carbocycles. The van der Waals surface area contributed by atoms with Crippen LogP contribution in [0.15, 0.2) is 42.5 Å². The van der Waals surface area contributed by atoms with E-state index in [2.05, 4.69) is 5.32 Å². The van der Waals surface area contributed by atoms with Gasteiger partial charge < -0.3 is 10.2 Å². The Hall–Kier alpha value is -3.18. The van der Waals surface area contributed by atoms with Gasteiger partial charge in [-0.2, -0.15) is 0 Å². The summed E-state index contributed by atoms with van der Waals surface area (Å²) in [5.74, 6) is -0.899. The Morgan fingerprint density at radius 2 is 1.79 bits per heavy atom. The van der Waals surface area contributed by atoms with Gasteiger partial charge in [0.2, 0.25) is 21.8 Å². The summed E-state index contributed by atoms with van der Waals surface area (Å²) in [5, 5.41) is 14.9. The number of halogens is 1. The Bertz CT molecular complexity index is 1280. The van der Waals surface area contributed by atoms with Crippen molar-refractivity contribution in [1.82, 2.24) is 10.2 Å². The monoisotopic (exact) mass is 564 g/mol. The number of aryl methyl sites for hydroxylation is 1. The van der Waals surface area contributed by atoms with Crippen LogP contribution < -0.4 is 9.62 Å². The second-order valence-electron chi connectivity index (χ2n) is 9.56. The highest BCUT2D eigenvalue weighted by Crippen LogP contribution is 2.28. The minimum Gasteiger partial charge on any atom is -0.352 e. The van der Waals surface area contributed by atoms with Crippen molar-refractivity contribution in [3.05, 3.63) is 68.7 Å². The van der Waals surface area contributed by atoms with Gasteiger partial charge in [0.05, 0.1) is 16.9 Å². The quantitative estimate of drug-likeness (QED) is 0.322. The molecule has 3 rings (SSSR count). The third-order valence-electron chi connectivity index (χ3n) is 6.71. The zero-order valence-electron chi connectivity index (χ0n) is 21.7. The molecule has 0 heterocycles. The number of nitrogens with zero attached hydrogens (tertiary/aromatic N) is 3. The Labute approximate surface area is 228 Å². The van der Waals surface area contributed by atoms with E-state index >= 15 is 0 Å². The van der Waals surface area contributed by atoms with Crippen molar-refractivity contribution in [1.29, 1.82) is 0 Å². The summed E-state index contributed by atoms with van der Waals surface area (Å²) in [6, 6.07) is 9.88. The maximum atomic E-state index is 13.8. The van der Waals surface area contributed by atoms with E-state index in [1.165, 1.54) is 17.0 Å². The summed E-state index contributed by atoms with van der Waals surface area (Å²) in [6.07, 6.45) is 5.06. The van der Waals surface area contributed by atoms with Gasteiger partial charge in [0.25, 0.3) is 5.69 Å². The molecule has 1 saturated carbocycles. The number of nitro groups is 1. The SMILES string of the molecule is CCC(C(=O)NC1CCCC1)N(Cc1ccc(Cl)cc1)C(=O)CN(c1cc([N+](=O)[O-])ccc1C)S(C)(=O)=O. The first-order valence-electron chi connectivity index (χ1n) is 12.5. The van der Waals surface area contributed by atoms with Crippen molar-refractivity contribution in [2.75, 3.05) is 17.1 Å². The van der Waals surface area contributed by atoms with E-state index < -0.39 is 33.4 Å².